The number of halogens is 1. The van der Waals surface area contributed by atoms with Gasteiger partial charge in [-0.25, -0.2) is 4.39 Å². The molecule has 1 fully saturated rings. The summed E-state index contributed by atoms with van der Waals surface area (Å²) in [4.78, 5) is 2.26. The summed E-state index contributed by atoms with van der Waals surface area (Å²) in [6.45, 7) is 2.87. The normalized spacial score (nSPS) is 23.4. The van der Waals surface area contributed by atoms with Crippen LogP contribution in [0.4, 0.5) is 10.1 Å². The Balaban J connectivity index is 2.19. The highest BCUT2D eigenvalue weighted by molar-refractivity contribution is 5.49. The van der Waals surface area contributed by atoms with E-state index >= 15 is 0 Å². The molecule has 0 heterocycles. The first-order chi connectivity index (χ1) is 9.11. The zero-order chi connectivity index (χ0) is 13.8. The van der Waals surface area contributed by atoms with Crippen molar-refractivity contribution >= 4 is 5.69 Å². The Kier molecular flexibility index (Phi) is 4.81. The SMILES string of the molecule is CC1CCCCC1N(C)c1cc(F)cc(CCN)c1. The topological polar surface area (TPSA) is 29.3 Å². The predicted molar refractivity (Wildman–Crippen MR) is 79.0 cm³/mol. The van der Waals surface area contributed by atoms with Gasteiger partial charge in [0, 0.05) is 18.8 Å². The maximum Gasteiger partial charge on any atom is 0.125 e. The van der Waals surface area contributed by atoms with E-state index in [0.29, 0.717) is 18.5 Å². The molecule has 1 aliphatic rings. The van der Waals surface area contributed by atoms with Gasteiger partial charge in [-0.15, -0.1) is 0 Å². The molecular formula is C16H25FN2. The second-order valence-electron chi connectivity index (χ2n) is 5.80. The highest BCUT2D eigenvalue weighted by Gasteiger charge is 2.25. The lowest BCUT2D eigenvalue weighted by Crippen LogP contribution is -2.39. The van der Waals surface area contributed by atoms with Crippen LogP contribution in [0.1, 0.15) is 38.2 Å². The van der Waals surface area contributed by atoms with E-state index in [0.717, 1.165) is 17.7 Å². The largest absolute Gasteiger partial charge is 0.371 e. The summed E-state index contributed by atoms with van der Waals surface area (Å²) in [7, 11) is 2.09. The van der Waals surface area contributed by atoms with E-state index in [-0.39, 0.29) is 5.82 Å². The first-order valence-corrected chi connectivity index (χ1v) is 7.34. The minimum absolute atomic E-state index is 0.156. The van der Waals surface area contributed by atoms with Crippen molar-refractivity contribution in [3.05, 3.63) is 29.6 Å². The van der Waals surface area contributed by atoms with Gasteiger partial charge in [0.05, 0.1) is 0 Å². The number of nitrogens with two attached hydrogens (primary N) is 1. The molecule has 0 radical (unpaired) electrons. The quantitative estimate of drug-likeness (QED) is 0.903. The van der Waals surface area contributed by atoms with Gasteiger partial charge in [-0.3, -0.25) is 0 Å². The lowest BCUT2D eigenvalue weighted by Gasteiger charge is -2.38. The fraction of sp³-hybridized carbons (Fsp3) is 0.625. The summed E-state index contributed by atoms with van der Waals surface area (Å²) in [5.41, 5.74) is 7.55. The molecule has 0 spiro atoms. The molecule has 0 amide bonds. The van der Waals surface area contributed by atoms with Crippen LogP contribution in [0.5, 0.6) is 0 Å². The Morgan fingerprint density at radius 3 is 2.68 bits per heavy atom. The van der Waals surface area contributed by atoms with Crippen LogP contribution >= 0.6 is 0 Å². The fourth-order valence-corrected chi connectivity index (χ4v) is 3.21. The maximum absolute atomic E-state index is 13.7. The van der Waals surface area contributed by atoms with Crippen molar-refractivity contribution in [2.45, 2.75) is 45.1 Å². The van der Waals surface area contributed by atoms with E-state index in [1.165, 1.54) is 25.7 Å². The predicted octanol–water partition coefficient (Wildman–Crippen LogP) is 3.34. The van der Waals surface area contributed by atoms with Gasteiger partial charge in [0.25, 0.3) is 0 Å². The van der Waals surface area contributed by atoms with E-state index in [1.54, 1.807) is 12.1 Å². The highest BCUT2D eigenvalue weighted by Crippen LogP contribution is 2.31. The first-order valence-electron chi connectivity index (χ1n) is 7.34. The minimum Gasteiger partial charge on any atom is -0.371 e. The molecule has 19 heavy (non-hydrogen) atoms. The van der Waals surface area contributed by atoms with Crippen LogP contribution in [-0.2, 0) is 6.42 Å². The zero-order valence-electron chi connectivity index (χ0n) is 12.0. The van der Waals surface area contributed by atoms with Crippen molar-refractivity contribution < 1.29 is 4.39 Å². The Bertz CT molecular complexity index is 419. The smallest absolute Gasteiger partial charge is 0.125 e. The molecular weight excluding hydrogens is 239 g/mol. The summed E-state index contributed by atoms with van der Waals surface area (Å²) in [6, 6.07) is 5.84. The van der Waals surface area contributed by atoms with Crippen molar-refractivity contribution in [3.63, 3.8) is 0 Å². The van der Waals surface area contributed by atoms with Gasteiger partial charge in [0.15, 0.2) is 0 Å². The highest BCUT2D eigenvalue weighted by atomic mass is 19.1. The van der Waals surface area contributed by atoms with Crippen LogP contribution in [0.3, 0.4) is 0 Å². The molecule has 3 heteroatoms. The lowest BCUT2D eigenvalue weighted by atomic mass is 9.85. The van der Waals surface area contributed by atoms with Crippen molar-refractivity contribution in [1.82, 2.24) is 0 Å². The van der Waals surface area contributed by atoms with Crippen molar-refractivity contribution in [3.8, 4) is 0 Å². The summed E-state index contributed by atoms with van der Waals surface area (Å²) in [5.74, 6) is 0.524. The molecule has 1 aromatic rings. The molecule has 1 aromatic carbocycles. The number of rotatable bonds is 4. The summed E-state index contributed by atoms with van der Waals surface area (Å²) in [5, 5.41) is 0. The maximum atomic E-state index is 13.7. The molecule has 0 aromatic heterocycles. The average molecular weight is 264 g/mol. The van der Waals surface area contributed by atoms with Gasteiger partial charge in [-0.05, 0) is 55.5 Å². The minimum atomic E-state index is -0.156. The summed E-state index contributed by atoms with van der Waals surface area (Å²) in [6.07, 6.45) is 5.83. The van der Waals surface area contributed by atoms with Crippen LogP contribution in [0.25, 0.3) is 0 Å². The number of hydrogen-bond acceptors (Lipinski definition) is 2. The molecule has 2 N–H and O–H groups in total. The van der Waals surface area contributed by atoms with Crippen LogP contribution in [0, 0.1) is 11.7 Å². The van der Waals surface area contributed by atoms with Crippen LogP contribution in [-0.4, -0.2) is 19.6 Å². The van der Waals surface area contributed by atoms with Crippen molar-refractivity contribution in [2.24, 2.45) is 11.7 Å². The standard InChI is InChI=1S/C16H25FN2/c1-12-5-3-4-6-16(12)19(2)15-10-13(7-8-18)9-14(17)11-15/h9-12,16H,3-8,18H2,1-2H3. The number of nitrogens with zero attached hydrogens (tertiary/aromatic N) is 1. The first kappa shape index (κ1) is 14.3. The lowest BCUT2D eigenvalue weighted by molar-refractivity contribution is 0.321. The average Bonchev–Trinajstić information content (AvgIpc) is 2.38. The second kappa shape index (κ2) is 6.38. The van der Waals surface area contributed by atoms with Crippen LogP contribution in [0.2, 0.25) is 0 Å². The summed E-state index contributed by atoms with van der Waals surface area (Å²) >= 11 is 0. The third-order valence-electron chi connectivity index (χ3n) is 4.35. The van der Waals surface area contributed by atoms with Gasteiger partial charge in [0.2, 0.25) is 0 Å². The molecule has 2 nitrogen and oxygen atoms in total. The Morgan fingerprint density at radius 1 is 1.26 bits per heavy atom. The van der Waals surface area contributed by atoms with E-state index in [9.17, 15) is 4.39 Å². The zero-order valence-corrected chi connectivity index (χ0v) is 12.0. The second-order valence-corrected chi connectivity index (χ2v) is 5.80. The van der Waals surface area contributed by atoms with Gasteiger partial charge in [0.1, 0.15) is 5.82 Å². The van der Waals surface area contributed by atoms with Crippen LogP contribution in [0.15, 0.2) is 18.2 Å². The Morgan fingerprint density at radius 2 is 2.00 bits per heavy atom. The number of benzene rings is 1. The van der Waals surface area contributed by atoms with E-state index in [4.69, 9.17) is 5.73 Å². The van der Waals surface area contributed by atoms with Gasteiger partial charge >= 0.3 is 0 Å². The molecule has 0 saturated heterocycles. The molecule has 0 aliphatic heterocycles. The summed E-state index contributed by atoms with van der Waals surface area (Å²) < 4.78 is 13.7. The van der Waals surface area contributed by atoms with Gasteiger partial charge in [-0.1, -0.05) is 19.8 Å². The van der Waals surface area contributed by atoms with Gasteiger partial charge < -0.3 is 10.6 Å². The fourth-order valence-electron chi connectivity index (χ4n) is 3.21. The number of anilines is 1. The van der Waals surface area contributed by atoms with Gasteiger partial charge in [-0.2, -0.15) is 0 Å². The molecule has 2 unspecified atom stereocenters. The molecule has 1 aliphatic carbocycles. The molecule has 1 saturated carbocycles. The van der Waals surface area contributed by atoms with Crippen molar-refractivity contribution in [1.29, 1.82) is 0 Å². The molecule has 0 bridgehead atoms. The monoisotopic (exact) mass is 264 g/mol. The van der Waals surface area contributed by atoms with E-state index < -0.39 is 0 Å². The Labute approximate surface area is 115 Å². The van der Waals surface area contributed by atoms with Crippen molar-refractivity contribution in [2.75, 3.05) is 18.5 Å². The molecule has 2 atom stereocenters. The third-order valence-corrected chi connectivity index (χ3v) is 4.35. The van der Waals surface area contributed by atoms with Crippen LogP contribution < -0.4 is 10.6 Å². The third kappa shape index (κ3) is 3.47. The molecule has 106 valence electrons. The molecule has 2 rings (SSSR count). The van der Waals surface area contributed by atoms with E-state index in [1.807, 2.05) is 0 Å². The number of hydrogen-bond donors (Lipinski definition) is 1. The Hall–Kier alpha value is -1.09. The van der Waals surface area contributed by atoms with E-state index in [2.05, 4.69) is 24.9 Å².